The second-order valence-corrected chi connectivity index (χ2v) is 6.51. The van der Waals surface area contributed by atoms with Gasteiger partial charge in [-0.15, -0.1) is 0 Å². The van der Waals surface area contributed by atoms with Crippen LogP contribution >= 0.6 is 0 Å². The molecule has 7 heteroatoms. The molecule has 0 aliphatic rings. The Kier molecular flexibility index (Phi) is 5.24. The van der Waals surface area contributed by atoms with Crippen LogP contribution in [0.15, 0.2) is 23.1 Å². The van der Waals surface area contributed by atoms with Gasteiger partial charge in [-0.2, -0.15) is 4.31 Å². The van der Waals surface area contributed by atoms with Crippen LogP contribution in [0.25, 0.3) is 0 Å². The molecule has 1 rings (SSSR count). The minimum atomic E-state index is -3.90. The molecule has 5 nitrogen and oxygen atoms in total. The molecule has 0 saturated carbocycles. The first-order chi connectivity index (χ1) is 9.20. The summed E-state index contributed by atoms with van der Waals surface area (Å²) in [5, 5.41) is 8.88. The molecule has 1 unspecified atom stereocenters. The second-order valence-electron chi connectivity index (χ2n) is 4.60. The summed E-state index contributed by atoms with van der Waals surface area (Å²) >= 11 is 0. The monoisotopic (exact) mass is 303 g/mol. The molecule has 0 aliphatic heterocycles. The molecule has 1 aromatic carbocycles. The molecule has 112 valence electrons. The highest BCUT2D eigenvalue weighted by molar-refractivity contribution is 7.89. The van der Waals surface area contributed by atoms with Gasteiger partial charge in [0.15, 0.2) is 0 Å². The molecule has 0 radical (unpaired) electrons. The summed E-state index contributed by atoms with van der Waals surface area (Å²) in [6.07, 6.45) is 0. The predicted molar refractivity (Wildman–Crippen MR) is 72.4 cm³/mol. The van der Waals surface area contributed by atoms with Gasteiger partial charge in [0.1, 0.15) is 5.82 Å². The van der Waals surface area contributed by atoms with Gasteiger partial charge in [-0.1, -0.05) is 19.9 Å². The van der Waals surface area contributed by atoms with Crippen LogP contribution in [-0.2, 0) is 14.8 Å². The van der Waals surface area contributed by atoms with Crippen LogP contribution in [0.3, 0.4) is 0 Å². The highest BCUT2D eigenvalue weighted by Crippen LogP contribution is 2.21. The Morgan fingerprint density at radius 1 is 1.45 bits per heavy atom. The lowest BCUT2D eigenvalue weighted by Gasteiger charge is -2.23. The number of sulfonamides is 1. The van der Waals surface area contributed by atoms with Crippen LogP contribution in [0.1, 0.15) is 19.4 Å². The Labute approximate surface area is 118 Å². The first-order valence-corrected chi connectivity index (χ1v) is 7.63. The SMILES string of the molecule is CCN(CC(C)C(=O)O)S(=O)(=O)c1cc(F)ccc1C. The minimum Gasteiger partial charge on any atom is -0.481 e. The summed E-state index contributed by atoms with van der Waals surface area (Å²) in [6.45, 7) is 4.58. The third kappa shape index (κ3) is 3.55. The number of carbonyl (C=O) groups is 1. The summed E-state index contributed by atoms with van der Waals surface area (Å²) < 4.78 is 39.2. The first kappa shape index (κ1) is 16.6. The van der Waals surface area contributed by atoms with Crippen LogP contribution in [0.5, 0.6) is 0 Å². The molecular formula is C13H18FNO4S. The fraction of sp³-hybridized carbons (Fsp3) is 0.462. The smallest absolute Gasteiger partial charge is 0.307 e. The van der Waals surface area contributed by atoms with Crippen molar-refractivity contribution in [3.63, 3.8) is 0 Å². The molecule has 0 bridgehead atoms. The van der Waals surface area contributed by atoms with Crippen molar-refractivity contribution in [2.45, 2.75) is 25.7 Å². The van der Waals surface area contributed by atoms with Gasteiger partial charge in [0.2, 0.25) is 10.0 Å². The summed E-state index contributed by atoms with van der Waals surface area (Å²) in [7, 11) is -3.90. The average molecular weight is 303 g/mol. The maximum absolute atomic E-state index is 13.3. The van der Waals surface area contributed by atoms with Crippen LogP contribution in [-0.4, -0.2) is 36.9 Å². The summed E-state index contributed by atoms with van der Waals surface area (Å²) in [5.74, 6) is -2.55. The Hall–Kier alpha value is -1.47. The highest BCUT2D eigenvalue weighted by atomic mass is 32.2. The van der Waals surface area contributed by atoms with Crippen LogP contribution < -0.4 is 0 Å². The summed E-state index contributed by atoms with van der Waals surface area (Å²) in [4.78, 5) is 10.7. The number of carboxylic acid groups (broad SMARTS) is 1. The number of carboxylic acids is 1. The Balaban J connectivity index is 3.18. The van der Waals surface area contributed by atoms with Crippen molar-refractivity contribution in [3.05, 3.63) is 29.6 Å². The molecule has 1 atom stereocenters. The average Bonchev–Trinajstić information content (AvgIpc) is 2.37. The Morgan fingerprint density at radius 2 is 2.05 bits per heavy atom. The maximum Gasteiger partial charge on any atom is 0.307 e. The number of aryl methyl sites for hydroxylation is 1. The van der Waals surface area contributed by atoms with Crippen molar-refractivity contribution in [3.8, 4) is 0 Å². The highest BCUT2D eigenvalue weighted by Gasteiger charge is 2.28. The van der Waals surface area contributed by atoms with Crippen LogP contribution in [0.2, 0.25) is 0 Å². The molecule has 0 amide bonds. The van der Waals surface area contributed by atoms with Gasteiger partial charge in [-0.25, -0.2) is 12.8 Å². The van der Waals surface area contributed by atoms with E-state index in [0.717, 1.165) is 10.4 Å². The molecule has 1 N–H and O–H groups in total. The number of hydrogen-bond acceptors (Lipinski definition) is 3. The zero-order valence-electron chi connectivity index (χ0n) is 11.6. The number of rotatable bonds is 6. The third-order valence-electron chi connectivity index (χ3n) is 3.02. The lowest BCUT2D eigenvalue weighted by Crippen LogP contribution is -2.37. The fourth-order valence-corrected chi connectivity index (χ4v) is 3.55. The second kappa shape index (κ2) is 6.32. The quantitative estimate of drug-likeness (QED) is 0.870. The first-order valence-electron chi connectivity index (χ1n) is 6.19. The molecule has 0 heterocycles. The Bertz CT molecular complexity index is 600. The van der Waals surface area contributed by atoms with E-state index >= 15 is 0 Å². The summed E-state index contributed by atoms with van der Waals surface area (Å²) in [6, 6.07) is 3.53. The predicted octanol–water partition coefficient (Wildman–Crippen LogP) is 1.87. The van der Waals surface area contributed by atoms with E-state index in [1.807, 2.05) is 0 Å². The molecular weight excluding hydrogens is 285 g/mol. The van der Waals surface area contributed by atoms with Crippen LogP contribution in [0.4, 0.5) is 4.39 Å². The lowest BCUT2D eigenvalue weighted by atomic mass is 10.2. The number of aliphatic carboxylic acids is 1. The van der Waals surface area contributed by atoms with Crippen LogP contribution in [0, 0.1) is 18.7 Å². The zero-order valence-corrected chi connectivity index (χ0v) is 12.4. The minimum absolute atomic E-state index is 0.121. The molecule has 0 fully saturated rings. The maximum atomic E-state index is 13.3. The van der Waals surface area contributed by atoms with E-state index in [-0.39, 0.29) is 18.0 Å². The Morgan fingerprint density at radius 3 is 2.55 bits per heavy atom. The number of halogens is 1. The van der Waals surface area contributed by atoms with Gasteiger partial charge in [0, 0.05) is 13.1 Å². The fourth-order valence-electron chi connectivity index (χ4n) is 1.77. The standard InChI is InChI=1S/C13H18FNO4S/c1-4-15(8-10(3)13(16)17)20(18,19)12-7-11(14)6-5-9(12)2/h5-7,10H,4,8H2,1-3H3,(H,16,17). The lowest BCUT2D eigenvalue weighted by molar-refractivity contribution is -0.141. The van der Waals surface area contributed by atoms with Gasteiger partial charge in [0.25, 0.3) is 0 Å². The van der Waals surface area contributed by atoms with Crippen molar-refractivity contribution < 1.29 is 22.7 Å². The normalized spacial score (nSPS) is 13.4. The molecule has 20 heavy (non-hydrogen) atoms. The third-order valence-corrected chi connectivity index (χ3v) is 5.10. The van der Waals surface area contributed by atoms with Gasteiger partial charge in [0.05, 0.1) is 10.8 Å². The van der Waals surface area contributed by atoms with Crippen molar-refractivity contribution in [2.24, 2.45) is 5.92 Å². The van der Waals surface area contributed by atoms with E-state index < -0.39 is 27.7 Å². The van der Waals surface area contributed by atoms with E-state index in [4.69, 9.17) is 5.11 Å². The van der Waals surface area contributed by atoms with E-state index in [0.29, 0.717) is 5.56 Å². The topological polar surface area (TPSA) is 74.7 Å². The molecule has 1 aromatic rings. The van der Waals surface area contributed by atoms with E-state index in [9.17, 15) is 17.6 Å². The molecule has 0 aromatic heterocycles. The number of nitrogens with zero attached hydrogens (tertiary/aromatic N) is 1. The number of benzene rings is 1. The van der Waals surface area contributed by atoms with E-state index in [1.165, 1.54) is 19.1 Å². The van der Waals surface area contributed by atoms with Gasteiger partial charge < -0.3 is 5.11 Å². The summed E-state index contributed by atoms with van der Waals surface area (Å²) in [5.41, 5.74) is 0.424. The van der Waals surface area contributed by atoms with Crippen molar-refractivity contribution >= 4 is 16.0 Å². The zero-order chi connectivity index (χ0) is 15.5. The molecule has 0 aliphatic carbocycles. The van der Waals surface area contributed by atoms with E-state index in [2.05, 4.69) is 0 Å². The van der Waals surface area contributed by atoms with Gasteiger partial charge in [-0.3, -0.25) is 4.79 Å². The van der Waals surface area contributed by atoms with Crippen molar-refractivity contribution in [2.75, 3.05) is 13.1 Å². The number of hydrogen-bond donors (Lipinski definition) is 1. The molecule has 0 spiro atoms. The van der Waals surface area contributed by atoms with Crippen molar-refractivity contribution in [1.82, 2.24) is 4.31 Å². The van der Waals surface area contributed by atoms with Crippen molar-refractivity contribution in [1.29, 1.82) is 0 Å². The van der Waals surface area contributed by atoms with Gasteiger partial charge in [-0.05, 0) is 24.6 Å². The van der Waals surface area contributed by atoms with E-state index in [1.54, 1.807) is 13.8 Å². The van der Waals surface area contributed by atoms with Gasteiger partial charge >= 0.3 is 5.97 Å². The largest absolute Gasteiger partial charge is 0.481 e. The molecule has 0 saturated heterocycles.